The maximum absolute atomic E-state index is 4.59. The van der Waals surface area contributed by atoms with Crippen LogP contribution in [0.25, 0.3) is 0 Å². The van der Waals surface area contributed by atoms with Crippen LogP contribution in [-0.2, 0) is 6.54 Å². The first-order chi connectivity index (χ1) is 8.85. The summed E-state index contributed by atoms with van der Waals surface area (Å²) in [4.78, 5) is 8.09. The van der Waals surface area contributed by atoms with Crippen LogP contribution in [0.3, 0.4) is 0 Å². The fourth-order valence-corrected chi connectivity index (χ4v) is 5.19. The lowest BCUT2D eigenvalue weighted by atomic mass is 10.2. The van der Waals surface area contributed by atoms with Gasteiger partial charge in [-0.05, 0) is 19.4 Å². The fraction of sp³-hybridized carbons (Fsp3) is 0.769. The summed E-state index contributed by atoms with van der Waals surface area (Å²) in [6, 6.07) is 0. The molecule has 2 heterocycles. The Kier molecular flexibility index (Phi) is 5.92. The van der Waals surface area contributed by atoms with Gasteiger partial charge in [0.05, 0.1) is 5.25 Å². The lowest BCUT2D eigenvalue weighted by Crippen LogP contribution is -2.19. The molecule has 0 aromatic carbocycles. The SMILES string of the molecule is CCCNCc1cnc(C2SCCSC2CC)[nH]1. The number of nitrogens with zero attached hydrogens (tertiary/aromatic N) is 1. The van der Waals surface area contributed by atoms with Gasteiger partial charge in [0, 0.05) is 35.2 Å². The molecule has 2 rings (SSSR count). The van der Waals surface area contributed by atoms with Crippen LogP contribution in [-0.4, -0.2) is 33.3 Å². The van der Waals surface area contributed by atoms with Crippen LogP contribution < -0.4 is 5.32 Å². The number of H-pyrrole nitrogens is 1. The van der Waals surface area contributed by atoms with Crippen molar-refractivity contribution in [3.8, 4) is 0 Å². The summed E-state index contributed by atoms with van der Waals surface area (Å²) >= 11 is 4.16. The summed E-state index contributed by atoms with van der Waals surface area (Å²) in [5, 5.41) is 4.67. The van der Waals surface area contributed by atoms with Gasteiger partial charge in [0.15, 0.2) is 0 Å². The third kappa shape index (κ3) is 3.68. The first kappa shape index (κ1) is 14.3. The summed E-state index contributed by atoms with van der Waals surface area (Å²) in [6.45, 7) is 6.44. The zero-order valence-corrected chi connectivity index (χ0v) is 12.9. The van der Waals surface area contributed by atoms with Crippen LogP contribution in [0.1, 0.15) is 43.5 Å². The number of rotatable bonds is 6. The fourth-order valence-electron chi connectivity index (χ4n) is 2.17. The third-order valence-corrected chi connectivity index (χ3v) is 6.37. The maximum atomic E-state index is 4.59. The molecule has 2 atom stereocenters. The van der Waals surface area contributed by atoms with E-state index in [0.29, 0.717) is 10.5 Å². The molecule has 18 heavy (non-hydrogen) atoms. The standard InChI is InChI=1S/C13H23N3S2/c1-3-5-14-8-10-9-15-13(16-10)12-11(4-2)17-6-7-18-12/h9,11-12,14H,3-8H2,1-2H3,(H,15,16). The van der Waals surface area contributed by atoms with Gasteiger partial charge < -0.3 is 10.3 Å². The minimum atomic E-state index is 0.550. The van der Waals surface area contributed by atoms with Gasteiger partial charge in [0.25, 0.3) is 0 Å². The van der Waals surface area contributed by atoms with Crippen LogP contribution in [0.4, 0.5) is 0 Å². The average molecular weight is 285 g/mol. The highest BCUT2D eigenvalue weighted by atomic mass is 32.2. The van der Waals surface area contributed by atoms with Crippen LogP contribution in [0.15, 0.2) is 6.20 Å². The van der Waals surface area contributed by atoms with E-state index < -0.39 is 0 Å². The Hall–Kier alpha value is -0.130. The van der Waals surface area contributed by atoms with Crippen molar-refractivity contribution in [1.29, 1.82) is 0 Å². The van der Waals surface area contributed by atoms with Crippen molar-refractivity contribution >= 4 is 23.5 Å². The van der Waals surface area contributed by atoms with Crippen LogP contribution >= 0.6 is 23.5 Å². The Balaban J connectivity index is 1.95. The van der Waals surface area contributed by atoms with E-state index in [0.717, 1.165) is 13.1 Å². The second-order valence-electron chi connectivity index (χ2n) is 4.58. The molecule has 1 aromatic rings. The minimum absolute atomic E-state index is 0.550. The topological polar surface area (TPSA) is 40.7 Å². The molecule has 1 fully saturated rings. The summed E-state index contributed by atoms with van der Waals surface area (Å²) in [6.07, 6.45) is 4.39. The zero-order chi connectivity index (χ0) is 12.8. The van der Waals surface area contributed by atoms with E-state index in [2.05, 4.69) is 52.7 Å². The van der Waals surface area contributed by atoms with Gasteiger partial charge in [-0.25, -0.2) is 4.98 Å². The molecular formula is C13H23N3S2. The normalized spacial score (nSPS) is 24.3. The van der Waals surface area contributed by atoms with E-state index in [9.17, 15) is 0 Å². The van der Waals surface area contributed by atoms with Gasteiger partial charge in [-0.15, -0.1) is 11.8 Å². The molecule has 1 aliphatic rings. The van der Waals surface area contributed by atoms with Gasteiger partial charge in [-0.2, -0.15) is 11.8 Å². The first-order valence-corrected chi connectivity index (χ1v) is 8.92. The van der Waals surface area contributed by atoms with Crippen LogP contribution in [0, 0.1) is 0 Å². The van der Waals surface area contributed by atoms with Crippen LogP contribution in [0.5, 0.6) is 0 Å². The van der Waals surface area contributed by atoms with E-state index in [1.54, 1.807) is 0 Å². The van der Waals surface area contributed by atoms with E-state index in [1.165, 1.54) is 35.9 Å². The number of aromatic nitrogens is 2. The molecule has 1 aliphatic heterocycles. The first-order valence-electron chi connectivity index (χ1n) is 6.82. The Morgan fingerprint density at radius 1 is 1.39 bits per heavy atom. The van der Waals surface area contributed by atoms with Gasteiger partial charge >= 0.3 is 0 Å². The maximum Gasteiger partial charge on any atom is 0.120 e. The van der Waals surface area contributed by atoms with Crippen LogP contribution in [0.2, 0.25) is 0 Å². The number of imidazole rings is 1. The predicted octanol–water partition coefficient (Wildman–Crippen LogP) is 3.21. The van der Waals surface area contributed by atoms with Crippen molar-refractivity contribution in [2.75, 3.05) is 18.1 Å². The summed E-state index contributed by atoms with van der Waals surface area (Å²) in [5.74, 6) is 3.70. The van der Waals surface area contributed by atoms with E-state index in [1.807, 2.05) is 6.20 Å². The molecule has 0 radical (unpaired) electrons. The molecule has 102 valence electrons. The molecule has 0 bridgehead atoms. The molecular weight excluding hydrogens is 262 g/mol. The molecule has 3 nitrogen and oxygen atoms in total. The second-order valence-corrected chi connectivity index (χ2v) is 7.18. The predicted molar refractivity (Wildman–Crippen MR) is 82.3 cm³/mol. The van der Waals surface area contributed by atoms with E-state index in [4.69, 9.17) is 0 Å². The molecule has 5 heteroatoms. The smallest absolute Gasteiger partial charge is 0.120 e. The van der Waals surface area contributed by atoms with Crippen molar-refractivity contribution in [3.05, 3.63) is 17.7 Å². The van der Waals surface area contributed by atoms with Crippen molar-refractivity contribution in [3.63, 3.8) is 0 Å². The highest BCUT2D eigenvalue weighted by Crippen LogP contribution is 2.42. The summed E-state index contributed by atoms with van der Waals surface area (Å²) in [7, 11) is 0. The number of hydrogen-bond donors (Lipinski definition) is 2. The van der Waals surface area contributed by atoms with Gasteiger partial charge in [0.1, 0.15) is 5.82 Å². The van der Waals surface area contributed by atoms with E-state index >= 15 is 0 Å². The highest BCUT2D eigenvalue weighted by molar-refractivity contribution is 8.06. The summed E-state index contributed by atoms with van der Waals surface area (Å²) in [5.41, 5.74) is 1.21. The third-order valence-electron chi connectivity index (χ3n) is 3.11. The number of nitrogens with one attached hydrogen (secondary N) is 2. The average Bonchev–Trinajstić information content (AvgIpc) is 2.88. The Bertz CT molecular complexity index is 354. The zero-order valence-electron chi connectivity index (χ0n) is 11.2. The molecule has 0 saturated carbocycles. The van der Waals surface area contributed by atoms with E-state index in [-0.39, 0.29) is 0 Å². The molecule has 1 saturated heterocycles. The minimum Gasteiger partial charge on any atom is -0.344 e. The number of aromatic amines is 1. The second kappa shape index (κ2) is 7.46. The Morgan fingerprint density at radius 2 is 2.22 bits per heavy atom. The van der Waals surface area contributed by atoms with Crippen molar-refractivity contribution in [2.45, 2.75) is 43.7 Å². The van der Waals surface area contributed by atoms with Crippen molar-refractivity contribution in [1.82, 2.24) is 15.3 Å². The Morgan fingerprint density at radius 3 is 3.00 bits per heavy atom. The molecule has 1 aromatic heterocycles. The molecule has 0 spiro atoms. The molecule has 2 N–H and O–H groups in total. The number of hydrogen-bond acceptors (Lipinski definition) is 4. The molecule has 0 aliphatic carbocycles. The van der Waals surface area contributed by atoms with Gasteiger partial charge in [-0.1, -0.05) is 13.8 Å². The van der Waals surface area contributed by atoms with Crippen molar-refractivity contribution in [2.24, 2.45) is 0 Å². The molecule has 2 unspecified atom stereocenters. The molecule has 0 amide bonds. The van der Waals surface area contributed by atoms with Gasteiger partial charge in [0.2, 0.25) is 0 Å². The summed E-state index contributed by atoms with van der Waals surface area (Å²) < 4.78 is 0. The largest absolute Gasteiger partial charge is 0.344 e. The van der Waals surface area contributed by atoms with Gasteiger partial charge in [-0.3, -0.25) is 0 Å². The lowest BCUT2D eigenvalue weighted by molar-refractivity contribution is 0.664. The van der Waals surface area contributed by atoms with Crippen molar-refractivity contribution < 1.29 is 0 Å². The lowest BCUT2D eigenvalue weighted by Gasteiger charge is -2.28. The Labute approximate surface area is 118 Å². The number of thioether (sulfide) groups is 2. The quantitative estimate of drug-likeness (QED) is 0.788. The monoisotopic (exact) mass is 285 g/mol. The highest BCUT2D eigenvalue weighted by Gasteiger charge is 2.28.